The van der Waals surface area contributed by atoms with Crippen molar-refractivity contribution in [2.45, 2.75) is 26.7 Å². The van der Waals surface area contributed by atoms with Gasteiger partial charge in [0.1, 0.15) is 5.75 Å². The monoisotopic (exact) mass is 366 g/mol. The lowest BCUT2D eigenvalue weighted by Crippen LogP contribution is -2.26. The lowest BCUT2D eigenvalue weighted by molar-refractivity contribution is -0.117. The van der Waals surface area contributed by atoms with Gasteiger partial charge in [0.2, 0.25) is 11.8 Å². The molecule has 0 atom stereocenters. The molecule has 0 fully saturated rings. The minimum absolute atomic E-state index is 0.113. The van der Waals surface area contributed by atoms with Crippen LogP contribution >= 0.6 is 0 Å². The third kappa shape index (κ3) is 6.29. The molecule has 0 aliphatic rings. The third-order valence-electron chi connectivity index (χ3n) is 4.20. The number of hydrogen-bond acceptors (Lipinski definition) is 3. The van der Waals surface area contributed by atoms with Crippen molar-refractivity contribution in [3.05, 3.63) is 65.2 Å². The van der Waals surface area contributed by atoms with Gasteiger partial charge in [-0.2, -0.15) is 0 Å². The van der Waals surface area contributed by atoms with Gasteiger partial charge in [0.25, 0.3) is 0 Å². The second-order valence-electron chi connectivity index (χ2n) is 6.16. The van der Waals surface area contributed by atoms with E-state index in [2.05, 4.69) is 17.6 Å². The number of hydrogen-bond donors (Lipinski definition) is 2. The highest BCUT2D eigenvalue weighted by molar-refractivity contribution is 5.94. The zero-order valence-corrected chi connectivity index (χ0v) is 16.0. The normalized spacial score (nSPS) is 10.6. The van der Waals surface area contributed by atoms with Gasteiger partial charge in [-0.25, -0.2) is 0 Å². The van der Waals surface area contributed by atoms with Crippen molar-refractivity contribution in [2.24, 2.45) is 0 Å². The Morgan fingerprint density at radius 3 is 2.52 bits per heavy atom. The molecular formula is C22H26N2O3. The summed E-state index contributed by atoms with van der Waals surface area (Å²) in [6.45, 7) is 4.31. The van der Waals surface area contributed by atoms with Crippen LogP contribution in [0.25, 0.3) is 6.08 Å². The van der Waals surface area contributed by atoms with Crippen LogP contribution in [0.5, 0.6) is 5.75 Å². The molecule has 2 aromatic rings. The molecular weight excluding hydrogens is 340 g/mol. The van der Waals surface area contributed by atoms with Crippen molar-refractivity contribution in [1.82, 2.24) is 5.32 Å². The predicted molar refractivity (Wildman–Crippen MR) is 109 cm³/mol. The molecule has 0 saturated carbocycles. The molecule has 5 heteroatoms. The molecule has 2 N–H and O–H groups in total. The second kappa shape index (κ2) is 10.2. The summed E-state index contributed by atoms with van der Waals surface area (Å²) in [6.07, 6.45) is 4.25. The van der Waals surface area contributed by atoms with Crippen molar-refractivity contribution in [2.75, 3.05) is 19.0 Å². The maximum atomic E-state index is 12.2. The first kappa shape index (κ1) is 20.2. The molecule has 0 aliphatic heterocycles. The topological polar surface area (TPSA) is 67.4 Å². The Labute approximate surface area is 160 Å². The molecule has 0 spiro atoms. The fourth-order valence-corrected chi connectivity index (χ4v) is 2.65. The Morgan fingerprint density at radius 2 is 1.85 bits per heavy atom. The number of nitrogens with one attached hydrogen (secondary N) is 2. The van der Waals surface area contributed by atoms with E-state index in [1.165, 1.54) is 6.08 Å². The number of carbonyl (C=O) groups is 2. The number of methoxy groups -OCH3 is 1. The highest BCUT2D eigenvalue weighted by Crippen LogP contribution is 2.21. The van der Waals surface area contributed by atoms with Crippen molar-refractivity contribution < 1.29 is 14.3 Å². The standard InChI is InChI=1S/C22H26N2O3/c1-4-18-7-5-6-16(2)22(18)24-21(26)14-15-23-20(25)13-10-17-8-11-19(27-3)12-9-17/h5-13H,4,14-15H2,1-3H3,(H,23,25)(H,24,26)/b13-10+. The van der Waals surface area contributed by atoms with Crippen LogP contribution < -0.4 is 15.4 Å². The van der Waals surface area contributed by atoms with Crippen LogP contribution in [0.2, 0.25) is 0 Å². The lowest BCUT2D eigenvalue weighted by Gasteiger charge is -2.13. The molecule has 0 radical (unpaired) electrons. The molecule has 142 valence electrons. The minimum atomic E-state index is -0.233. The molecule has 0 heterocycles. The van der Waals surface area contributed by atoms with E-state index < -0.39 is 0 Å². The summed E-state index contributed by atoms with van der Waals surface area (Å²) >= 11 is 0. The lowest BCUT2D eigenvalue weighted by atomic mass is 10.1. The van der Waals surface area contributed by atoms with Crippen LogP contribution in [0.4, 0.5) is 5.69 Å². The number of anilines is 1. The summed E-state index contributed by atoms with van der Waals surface area (Å²) in [5, 5.41) is 5.68. The molecule has 0 bridgehead atoms. The zero-order chi connectivity index (χ0) is 19.6. The molecule has 2 aromatic carbocycles. The van der Waals surface area contributed by atoms with Gasteiger partial charge in [-0.1, -0.05) is 37.3 Å². The van der Waals surface area contributed by atoms with Gasteiger partial charge < -0.3 is 15.4 Å². The van der Waals surface area contributed by atoms with E-state index in [4.69, 9.17) is 4.74 Å². The summed E-state index contributed by atoms with van der Waals surface area (Å²) < 4.78 is 5.09. The van der Waals surface area contributed by atoms with Crippen LogP contribution in [0, 0.1) is 6.92 Å². The third-order valence-corrected chi connectivity index (χ3v) is 4.20. The van der Waals surface area contributed by atoms with E-state index in [9.17, 15) is 9.59 Å². The second-order valence-corrected chi connectivity index (χ2v) is 6.16. The minimum Gasteiger partial charge on any atom is -0.497 e. The van der Waals surface area contributed by atoms with E-state index in [-0.39, 0.29) is 24.8 Å². The van der Waals surface area contributed by atoms with Gasteiger partial charge >= 0.3 is 0 Å². The Bertz CT molecular complexity index is 811. The summed E-state index contributed by atoms with van der Waals surface area (Å²) in [6, 6.07) is 13.4. The van der Waals surface area contributed by atoms with E-state index in [0.29, 0.717) is 0 Å². The first-order valence-electron chi connectivity index (χ1n) is 9.01. The van der Waals surface area contributed by atoms with E-state index in [1.54, 1.807) is 13.2 Å². The van der Waals surface area contributed by atoms with Gasteiger partial charge in [0, 0.05) is 24.7 Å². The molecule has 0 saturated heterocycles. The molecule has 0 aliphatic carbocycles. The Hall–Kier alpha value is -3.08. The molecule has 0 unspecified atom stereocenters. The fourth-order valence-electron chi connectivity index (χ4n) is 2.65. The van der Waals surface area contributed by atoms with Crippen LogP contribution in [0.1, 0.15) is 30.0 Å². The molecule has 27 heavy (non-hydrogen) atoms. The zero-order valence-electron chi connectivity index (χ0n) is 16.0. The number of aryl methyl sites for hydroxylation is 2. The number of carbonyl (C=O) groups excluding carboxylic acids is 2. The maximum Gasteiger partial charge on any atom is 0.244 e. The largest absolute Gasteiger partial charge is 0.497 e. The molecule has 0 aromatic heterocycles. The van der Waals surface area contributed by atoms with Crippen molar-refractivity contribution in [3.63, 3.8) is 0 Å². The van der Waals surface area contributed by atoms with Crippen LogP contribution in [-0.2, 0) is 16.0 Å². The summed E-state index contributed by atoms with van der Waals surface area (Å²) in [7, 11) is 1.61. The Morgan fingerprint density at radius 1 is 1.11 bits per heavy atom. The number of benzene rings is 2. The first-order valence-corrected chi connectivity index (χ1v) is 9.01. The maximum absolute atomic E-state index is 12.2. The van der Waals surface area contributed by atoms with Gasteiger partial charge in [-0.3, -0.25) is 9.59 Å². The highest BCUT2D eigenvalue weighted by atomic mass is 16.5. The fraction of sp³-hybridized carbons (Fsp3) is 0.273. The molecule has 5 nitrogen and oxygen atoms in total. The predicted octanol–water partition coefficient (Wildman–Crippen LogP) is 3.72. The van der Waals surface area contributed by atoms with Gasteiger partial charge in [0.15, 0.2) is 0 Å². The van der Waals surface area contributed by atoms with E-state index >= 15 is 0 Å². The van der Waals surface area contributed by atoms with Crippen LogP contribution in [0.3, 0.4) is 0 Å². The average molecular weight is 366 g/mol. The van der Waals surface area contributed by atoms with Crippen molar-refractivity contribution in [1.29, 1.82) is 0 Å². The van der Waals surface area contributed by atoms with Crippen molar-refractivity contribution >= 4 is 23.6 Å². The number of rotatable bonds is 8. The molecule has 2 amide bonds. The van der Waals surface area contributed by atoms with Crippen LogP contribution in [-0.4, -0.2) is 25.5 Å². The van der Waals surface area contributed by atoms with Gasteiger partial charge in [-0.15, -0.1) is 0 Å². The summed E-state index contributed by atoms with van der Waals surface area (Å²) in [4.78, 5) is 24.0. The average Bonchev–Trinajstić information content (AvgIpc) is 2.68. The number of para-hydroxylation sites is 1. The summed E-state index contributed by atoms with van der Waals surface area (Å²) in [5.41, 5.74) is 3.91. The number of ether oxygens (including phenoxy) is 1. The smallest absolute Gasteiger partial charge is 0.244 e. The Balaban J connectivity index is 1.79. The number of amides is 2. The van der Waals surface area contributed by atoms with Crippen LogP contribution in [0.15, 0.2) is 48.5 Å². The van der Waals surface area contributed by atoms with E-state index in [1.807, 2.05) is 49.4 Å². The van der Waals surface area contributed by atoms with Gasteiger partial charge in [0.05, 0.1) is 7.11 Å². The van der Waals surface area contributed by atoms with Crippen molar-refractivity contribution in [3.8, 4) is 5.75 Å². The highest BCUT2D eigenvalue weighted by Gasteiger charge is 2.08. The SMILES string of the molecule is CCc1cccc(C)c1NC(=O)CCNC(=O)/C=C/c1ccc(OC)cc1. The summed E-state index contributed by atoms with van der Waals surface area (Å²) in [5.74, 6) is 0.421. The van der Waals surface area contributed by atoms with Gasteiger partial charge in [-0.05, 0) is 48.2 Å². The quantitative estimate of drug-likeness (QED) is 0.700. The Kier molecular flexibility index (Phi) is 7.62. The first-order chi connectivity index (χ1) is 13.0. The molecule has 2 rings (SSSR count). The van der Waals surface area contributed by atoms with E-state index in [0.717, 1.165) is 34.5 Å².